The number of methoxy groups -OCH3 is 2. The first-order chi connectivity index (χ1) is 13.1. The van der Waals surface area contributed by atoms with Crippen molar-refractivity contribution in [3.63, 3.8) is 0 Å². The van der Waals surface area contributed by atoms with Crippen LogP contribution in [-0.2, 0) is 37.9 Å². The van der Waals surface area contributed by atoms with E-state index < -0.39 is 17.9 Å². The summed E-state index contributed by atoms with van der Waals surface area (Å²) in [5.74, 6) is -1.13. The van der Waals surface area contributed by atoms with Gasteiger partial charge >= 0.3 is 0 Å². The Hall–Kier alpha value is -0.360. The minimum Gasteiger partial charge on any atom is -0.394 e. The van der Waals surface area contributed by atoms with Gasteiger partial charge in [0, 0.05) is 14.2 Å². The van der Waals surface area contributed by atoms with Crippen molar-refractivity contribution >= 4 is 0 Å². The average Bonchev–Trinajstić information content (AvgIpc) is 3.31. The minimum atomic E-state index is -0.622. The number of hydrogen-bond acceptors (Lipinski definition) is 9. The van der Waals surface area contributed by atoms with Crippen molar-refractivity contribution in [2.75, 3.05) is 20.8 Å². The highest BCUT2D eigenvalue weighted by Gasteiger charge is 2.56. The molecule has 9 heteroatoms. The molecule has 164 valence electrons. The molecule has 4 heterocycles. The number of rotatable bonds is 4. The van der Waals surface area contributed by atoms with Gasteiger partial charge < -0.3 is 43.0 Å². The SMILES string of the molecule is CC[C@H]1O[C@@H](OC)[C@@H]2OC(C)(C)O[C@@H]21.CO[C@@H]1O[C@H](CO)[C@H]2OC(C)(C)O[C@@H]12. The van der Waals surface area contributed by atoms with Gasteiger partial charge in [-0.2, -0.15) is 0 Å². The fourth-order valence-corrected chi connectivity index (χ4v) is 4.14. The minimum absolute atomic E-state index is 0.0138. The molecule has 4 aliphatic heterocycles. The van der Waals surface area contributed by atoms with E-state index in [1.165, 1.54) is 0 Å². The van der Waals surface area contributed by atoms with Gasteiger partial charge in [-0.15, -0.1) is 0 Å². The van der Waals surface area contributed by atoms with Crippen LogP contribution in [0.2, 0.25) is 0 Å². The van der Waals surface area contributed by atoms with Gasteiger partial charge in [0.15, 0.2) is 24.2 Å². The molecule has 4 fully saturated rings. The summed E-state index contributed by atoms with van der Waals surface area (Å²) in [6.45, 7) is 9.52. The third-order valence-electron chi connectivity index (χ3n) is 5.26. The van der Waals surface area contributed by atoms with Crippen LogP contribution < -0.4 is 0 Å². The third kappa shape index (κ3) is 4.38. The molecular formula is C19H34O9. The van der Waals surface area contributed by atoms with Crippen LogP contribution in [0.5, 0.6) is 0 Å². The van der Waals surface area contributed by atoms with E-state index in [1.807, 2.05) is 27.7 Å². The number of aliphatic hydroxyl groups excluding tert-OH is 1. The van der Waals surface area contributed by atoms with Crippen LogP contribution in [0, 0.1) is 0 Å². The van der Waals surface area contributed by atoms with Crippen LogP contribution in [0.1, 0.15) is 41.0 Å². The van der Waals surface area contributed by atoms with Gasteiger partial charge in [0.25, 0.3) is 0 Å². The zero-order chi connectivity index (χ0) is 20.7. The van der Waals surface area contributed by atoms with Crippen molar-refractivity contribution in [3.8, 4) is 0 Å². The first-order valence-corrected chi connectivity index (χ1v) is 9.83. The first kappa shape index (κ1) is 22.3. The van der Waals surface area contributed by atoms with Crippen LogP contribution in [0.15, 0.2) is 0 Å². The van der Waals surface area contributed by atoms with Crippen LogP contribution in [0.4, 0.5) is 0 Å². The Morgan fingerprint density at radius 3 is 1.50 bits per heavy atom. The van der Waals surface area contributed by atoms with Gasteiger partial charge in [-0.25, -0.2) is 0 Å². The average molecular weight is 406 g/mol. The number of fused-ring (bicyclic) bond motifs is 2. The van der Waals surface area contributed by atoms with E-state index in [0.717, 1.165) is 6.42 Å². The highest BCUT2D eigenvalue weighted by Crippen LogP contribution is 2.40. The molecule has 28 heavy (non-hydrogen) atoms. The van der Waals surface area contributed by atoms with E-state index in [4.69, 9.17) is 43.0 Å². The molecule has 0 aliphatic carbocycles. The molecular weight excluding hydrogens is 372 g/mol. The summed E-state index contributed by atoms with van der Waals surface area (Å²) in [5.41, 5.74) is 0. The summed E-state index contributed by atoms with van der Waals surface area (Å²) in [6.07, 6.45) is -0.628. The first-order valence-electron chi connectivity index (χ1n) is 9.83. The van der Waals surface area contributed by atoms with Gasteiger partial charge in [-0.1, -0.05) is 6.92 Å². The Morgan fingerprint density at radius 2 is 1.11 bits per heavy atom. The zero-order valence-corrected chi connectivity index (χ0v) is 17.7. The molecule has 0 aromatic rings. The van der Waals surface area contributed by atoms with Crippen molar-refractivity contribution in [1.29, 1.82) is 0 Å². The van der Waals surface area contributed by atoms with Gasteiger partial charge in [0.2, 0.25) is 0 Å². The standard InChI is InChI=1S/C10H18O4.C9H16O5/c1-5-6-7-8(9(11-4)12-6)14-10(2,3)13-7;1-9(2)13-6-5(4-10)12-8(11-3)7(6)14-9/h6-9H,5H2,1-4H3;5-8,10H,4H2,1-3H3/t6-,7-,8-,9-;5-,6-,7-,8-/m11/s1. The molecule has 0 aromatic carbocycles. The van der Waals surface area contributed by atoms with E-state index in [1.54, 1.807) is 14.2 Å². The summed E-state index contributed by atoms with van der Waals surface area (Å²) >= 11 is 0. The Kier molecular flexibility index (Phi) is 6.70. The lowest BCUT2D eigenvalue weighted by Gasteiger charge is -2.22. The Morgan fingerprint density at radius 1 is 0.714 bits per heavy atom. The largest absolute Gasteiger partial charge is 0.394 e. The van der Waals surface area contributed by atoms with Crippen LogP contribution in [0.3, 0.4) is 0 Å². The van der Waals surface area contributed by atoms with Crippen molar-refractivity contribution in [2.45, 2.75) is 102 Å². The maximum absolute atomic E-state index is 9.08. The quantitative estimate of drug-likeness (QED) is 0.738. The second kappa shape index (κ2) is 8.41. The smallest absolute Gasteiger partial charge is 0.186 e. The predicted octanol–water partition coefficient (Wildman–Crippen LogP) is 1.16. The molecule has 4 rings (SSSR count). The van der Waals surface area contributed by atoms with E-state index in [2.05, 4.69) is 6.92 Å². The summed E-state index contributed by atoms with van der Waals surface area (Å²) in [4.78, 5) is 0. The molecule has 4 saturated heterocycles. The molecule has 0 saturated carbocycles. The summed E-state index contributed by atoms with van der Waals surface area (Å²) < 4.78 is 44.1. The summed E-state index contributed by atoms with van der Waals surface area (Å²) in [7, 11) is 3.19. The monoisotopic (exact) mass is 406 g/mol. The topological polar surface area (TPSA) is 94.1 Å². The number of aliphatic hydroxyl groups is 1. The molecule has 0 aromatic heterocycles. The Bertz CT molecular complexity index is 440. The van der Waals surface area contributed by atoms with Gasteiger partial charge in [0.1, 0.15) is 30.5 Å². The number of hydrogen-bond donors (Lipinski definition) is 1. The van der Waals surface area contributed by atoms with Crippen molar-refractivity contribution in [1.82, 2.24) is 0 Å². The fourth-order valence-electron chi connectivity index (χ4n) is 4.14. The maximum Gasteiger partial charge on any atom is 0.186 e. The fraction of sp³-hybridized carbons (Fsp3) is 1.00. The van der Waals surface area contributed by atoms with Crippen LogP contribution >= 0.6 is 0 Å². The maximum atomic E-state index is 9.08. The molecule has 9 nitrogen and oxygen atoms in total. The third-order valence-corrected chi connectivity index (χ3v) is 5.26. The molecule has 0 bridgehead atoms. The summed E-state index contributed by atoms with van der Waals surface area (Å²) in [6, 6.07) is 0. The van der Waals surface area contributed by atoms with E-state index in [0.29, 0.717) is 0 Å². The molecule has 8 atom stereocenters. The molecule has 0 amide bonds. The van der Waals surface area contributed by atoms with Crippen LogP contribution in [0.25, 0.3) is 0 Å². The second-order valence-corrected chi connectivity index (χ2v) is 8.28. The summed E-state index contributed by atoms with van der Waals surface area (Å²) in [5, 5.41) is 9.08. The van der Waals surface area contributed by atoms with Crippen molar-refractivity contribution in [3.05, 3.63) is 0 Å². The molecule has 0 unspecified atom stereocenters. The van der Waals surface area contributed by atoms with Crippen molar-refractivity contribution in [2.24, 2.45) is 0 Å². The molecule has 4 aliphatic rings. The second-order valence-electron chi connectivity index (χ2n) is 8.28. The highest BCUT2D eigenvalue weighted by molar-refractivity contribution is 4.95. The molecule has 0 spiro atoms. The molecule has 1 N–H and O–H groups in total. The van der Waals surface area contributed by atoms with E-state index in [9.17, 15) is 0 Å². The molecule has 0 radical (unpaired) electrons. The van der Waals surface area contributed by atoms with E-state index in [-0.39, 0.29) is 49.5 Å². The van der Waals surface area contributed by atoms with Gasteiger partial charge in [-0.05, 0) is 34.1 Å². The Balaban J connectivity index is 0.000000161. The van der Waals surface area contributed by atoms with E-state index >= 15 is 0 Å². The number of ether oxygens (including phenoxy) is 8. The normalized spacial score (nSPS) is 45.4. The van der Waals surface area contributed by atoms with Gasteiger partial charge in [0.05, 0.1) is 12.7 Å². The predicted molar refractivity (Wildman–Crippen MR) is 96.4 cm³/mol. The Labute approximate surface area is 166 Å². The lowest BCUT2D eigenvalue weighted by atomic mass is 10.1. The zero-order valence-electron chi connectivity index (χ0n) is 17.7. The lowest BCUT2D eigenvalue weighted by Crippen LogP contribution is -2.31. The van der Waals surface area contributed by atoms with Gasteiger partial charge in [-0.3, -0.25) is 0 Å². The lowest BCUT2D eigenvalue weighted by molar-refractivity contribution is -0.230. The highest BCUT2D eigenvalue weighted by atomic mass is 16.8. The van der Waals surface area contributed by atoms with Crippen LogP contribution in [-0.4, -0.2) is 86.7 Å². The van der Waals surface area contributed by atoms with Crippen molar-refractivity contribution < 1.29 is 43.0 Å².